The van der Waals surface area contributed by atoms with Crippen molar-refractivity contribution < 1.29 is 34.1 Å². The number of aryl methyl sites for hydroxylation is 2. The molecule has 4 nitrogen and oxygen atoms in total. The number of furan rings is 1. The number of hydrogen-bond donors (Lipinski definition) is 0. The van der Waals surface area contributed by atoms with Gasteiger partial charge >= 0.3 is 0 Å². The Bertz CT molecular complexity index is 2220. The van der Waals surface area contributed by atoms with E-state index in [1.807, 2.05) is 24.3 Å². The SMILES string of the molecule is [2H]C([2H])([2H])c1c[c-]c(-c2ccc(C([2H])([2H])[2H])cn2)cc1.[2H]c1ccc2o[c-]c(-c3nc4ccccc4n3-c3c(C(C)C)cccc3C(C)C)c2c1.[Ir]. The van der Waals surface area contributed by atoms with E-state index in [2.05, 4.69) is 79.9 Å². The number of pyridine rings is 1. The molecule has 0 atom stereocenters. The zero-order valence-corrected chi connectivity index (χ0v) is 27.9. The molecule has 3 aromatic heterocycles. The number of imidazole rings is 1. The first kappa shape index (κ1) is 24.0. The summed E-state index contributed by atoms with van der Waals surface area (Å²) in [5, 5.41) is 0.859. The standard InChI is InChI=1S/C27H25N2O.C13H12N.Ir/c1-17(2)19-11-9-12-20(18(3)4)26(19)29-24-14-7-6-13-23(24)28-27(29)22-16-30-25-15-8-5-10-21(22)25;1-10-3-6-12(7-4-10)13-8-5-11(2)9-14-13;/h5-15,17-18H,1-4H3;3-6,8-9H,1-2H3;/q2*-1;/i5D;1D3,2D3;. The monoisotopic (exact) mass is 775 g/mol. The summed E-state index contributed by atoms with van der Waals surface area (Å²) < 4.78 is 59.7. The molecular weight excluding hydrogens is 731 g/mol. The number of benzene rings is 4. The molecule has 0 aliphatic carbocycles. The third-order valence-electron chi connectivity index (χ3n) is 7.56. The third-order valence-corrected chi connectivity index (χ3v) is 7.56. The maximum atomic E-state index is 8.10. The molecule has 5 heteroatoms. The van der Waals surface area contributed by atoms with Crippen molar-refractivity contribution in [3.63, 3.8) is 0 Å². The second kappa shape index (κ2) is 13.8. The van der Waals surface area contributed by atoms with Gasteiger partial charge in [-0.1, -0.05) is 106 Å². The summed E-state index contributed by atoms with van der Waals surface area (Å²) in [5.41, 5.74) is 8.77. The van der Waals surface area contributed by atoms with Crippen LogP contribution in [0.15, 0.2) is 108 Å². The Labute approximate surface area is 289 Å². The van der Waals surface area contributed by atoms with E-state index in [1.54, 1.807) is 18.2 Å². The quantitative estimate of drug-likeness (QED) is 0.164. The Morgan fingerprint density at radius 1 is 0.822 bits per heavy atom. The Balaban J connectivity index is 0.000000217. The first-order chi connectivity index (χ1) is 24.1. The maximum absolute atomic E-state index is 8.10. The van der Waals surface area contributed by atoms with Crippen LogP contribution in [0.2, 0.25) is 0 Å². The molecule has 7 rings (SSSR count). The van der Waals surface area contributed by atoms with E-state index in [9.17, 15) is 0 Å². The summed E-state index contributed by atoms with van der Waals surface area (Å²) >= 11 is 0. The van der Waals surface area contributed by atoms with Crippen LogP contribution in [0.3, 0.4) is 0 Å². The Morgan fingerprint density at radius 2 is 1.58 bits per heavy atom. The van der Waals surface area contributed by atoms with Crippen molar-refractivity contribution in [2.24, 2.45) is 0 Å². The molecule has 0 saturated heterocycles. The van der Waals surface area contributed by atoms with Crippen molar-refractivity contribution >= 4 is 22.0 Å². The third kappa shape index (κ3) is 6.56. The Kier molecular flexibility index (Phi) is 7.34. The summed E-state index contributed by atoms with van der Waals surface area (Å²) in [6.45, 7) is 4.58. The summed E-state index contributed by atoms with van der Waals surface area (Å²) in [5.74, 6) is 1.50. The van der Waals surface area contributed by atoms with E-state index < -0.39 is 13.7 Å². The number of nitrogens with zero attached hydrogens (tertiary/aromatic N) is 3. The van der Waals surface area contributed by atoms with Gasteiger partial charge in [0.05, 0.1) is 18.2 Å². The molecular formula is C40H37IrN3O-2. The molecule has 0 aliphatic rings. The van der Waals surface area contributed by atoms with Crippen LogP contribution in [0, 0.1) is 26.0 Å². The summed E-state index contributed by atoms with van der Waals surface area (Å²) in [6.07, 6.45) is 4.38. The molecule has 0 saturated carbocycles. The van der Waals surface area contributed by atoms with E-state index in [1.165, 1.54) is 41.2 Å². The normalized spacial score (nSPS) is 14.0. The van der Waals surface area contributed by atoms with E-state index in [0.717, 1.165) is 27.8 Å². The average molecular weight is 775 g/mol. The van der Waals surface area contributed by atoms with Crippen molar-refractivity contribution in [3.8, 4) is 28.3 Å². The zero-order valence-electron chi connectivity index (χ0n) is 32.5. The van der Waals surface area contributed by atoms with E-state index in [4.69, 9.17) is 19.0 Å². The largest absolute Gasteiger partial charge is 0.557 e. The van der Waals surface area contributed by atoms with Crippen LogP contribution in [-0.4, -0.2) is 14.5 Å². The molecule has 7 aromatic rings. The fourth-order valence-corrected chi connectivity index (χ4v) is 5.35. The van der Waals surface area contributed by atoms with Crippen LogP contribution in [-0.2, 0) is 20.1 Å². The summed E-state index contributed by atoms with van der Waals surface area (Å²) in [6, 6.07) is 31.1. The van der Waals surface area contributed by atoms with Crippen molar-refractivity contribution in [3.05, 3.63) is 138 Å². The van der Waals surface area contributed by atoms with Crippen molar-refractivity contribution in [1.82, 2.24) is 14.5 Å². The molecule has 0 amide bonds. The van der Waals surface area contributed by atoms with Gasteiger partial charge in [-0.15, -0.1) is 41.5 Å². The average Bonchev–Trinajstić information content (AvgIpc) is 3.68. The van der Waals surface area contributed by atoms with Crippen LogP contribution in [0.5, 0.6) is 0 Å². The fourth-order valence-electron chi connectivity index (χ4n) is 5.35. The van der Waals surface area contributed by atoms with Gasteiger partial charge in [-0.2, -0.15) is 0 Å². The van der Waals surface area contributed by atoms with Crippen molar-refractivity contribution in [2.75, 3.05) is 0 Å². The summed E-state index contributed by atoms with van der Waals surface area (Å²) in [7, 11) is 0. The maximum Gasteiger partial charge on any atom is 0.0774 e. The molecule has 45 heavy (non-hydrogen) atoms. The second-order valence-corrected chi connectivity index (χ2v) is 11.3. The number of rotatable bonds is 5. The van der Waals surface area contributed by atoms with Crippen LogP contribution in [0.25, 0.3) is 50.3 Å². The first-order valence-corrected chi connectivity index (χ1v) is 14.6. The van der Waals surface area contributed by atoms with Gasteiger partial charge in [0.25, 0.3) is 0 Å². The predicted octanol–water partition coefficient (Wildman–Crippen LogP) is 10.6. The molecule has 3 heterocycles. The summed E-state index contributed by atoms with van der Waals surface area (Å²) in [4.78, 5) is 9.10. The van der Waals surface area contributed by atoms with E-state index in [-0.39, 0.29) is 31.2 Å². The van der Waals surface area contributed by atoms with Gasteiger partial charge in [-0.05, 0) is 53.2 Å². The van der Waals surface area contributed by atoms with Gasteiger partial charge < -0.3 is 14.0 Å². The van der Waals surface area contributed by atoms with Gasteiger partial charge in [-0.25, -0.2) is 0 Å². The van der Waals surface area contributed by atoms with Gasteiger partial charge in [0.1, 0.15) is 0 Å². The molecule has 4 aromatic carbocycles. The molecule has 0 N–H and O–H groups in total. The topological polar surface area (TPSA) is 43.9 Å². The second-order valence-electron chi connectivity index (χ2n) is 11.3. The Hall–Kier alpha value is -4.31. The van der Waals surface area contributed by atoms with E-state index in [0.29, 0.717) is 34.7 Å². The molecule has 229 valence electrons. The zero-order chi connectivity index (χ0) is 36.7. The van der Waals surface area contributed by atoms with E-state index >= 15 is 0 Å². The van der Waals surface area contributed by atoms with Crippen LogP contribution in [0.4, 0.5) is 0 Å². The smallest absolute Gasteiger partial charge is 0.0774 e. The molecule has 1 radical (unpaired) electrons. The minimum Gasteiger partial charge on any atom is -0.557 e. The molecule has 0 fully saturated rings. The molecule has 0 aliphatic heterocycles. The van der Waals surface area contributed by atoms with Crippen molar-refractivity contribution in [2.45, 2.75) is 53.2 Å². The molecule has 0 bridgehead atoms. The number of aromatic nitrogens is 3. The van der Waals surface area contributed by atoms with Crippen LogP contribution in [0.1, 0.15) is 71.4 Å². The minimum absolute atomic E-state index is 0. The van der Waals surface area contributed by atoms with Crippen molar-refractivity contribution in [1.29, 1.82) is 0 Å². The minimum atomic E-state index is -2.18. The van der Waals surface area contributed by atoms with Gasteiger partial charge in [0.15, 0.2) is 0 Å². The van der Waals surface area contributed by atoms with Crippen LogP contribution < -0.4 is 0 Å². The fraction of sp³-hybridized carbons (Fsp3) is 0.200. The van der Waals surface area contributed by atoms with Gasteiger partial charge in [-0.3, -0.25) is 4.98 Å². The van der Waals surface area contributed by atoms with Gasteiger partial charge in [0.2, 0.25) is 0 Å². The van der Waals surface area contributed by atoms with Gasteiger partial charge in [0, 0.05) is 52.1 Å². The molecule has 0 spiro atoms. The number of para-hydroxylation sites is 4. The molecule has 0 unspecified atom stereocenters. The Morgan fingerprint density at radius 3 is 2.24 bits per heavy atom. The van der Waals surface area contributed by atoms with Crippen LogP contribution >= 0.6 is 0 Å². The predicted molar refractivity (Wildman–Crippen MR) is 181 cm³/mol. The number of hydrogen-bond acceptors (Lipinski definition) is 3. The number of fused-ring (bicyclic) bond motifs is 2. The first-order valence-electron chi connectivity index (χ1n) is 18.1.